The zero-order valence-electron chi connectivity index (χ0n) is 14.1. The minimum atomic E-state index is 0.0943. The monoisotopic (exact) mass is 293 g/mol. The van der Waals surface area contributed by atoms with Crippen molar-refractivity contribution in [3.63, 3.8) is 0 Å². The molecule has 0 aliphatic carbocycles. The summed E-state index contributed by atoms with van der Waals surface area (Å²) in [6, 6.07) is 0. The standard InChI is InChI=1S/C18H35N3/c1-3-4-5-6-7-8-9-10-11-12-13-14-18-20-15-16-21(18)17(2)19/h8-9,15-18,20H,3-7,10-14,19H2,1-2H3/b9-8+. The molecule has 3 nitrogen and oxygen atoms in total. The van der Waals surface area contributed by atoms with Gasteiger partial charge in [0.1, 0.15) is 0 Å². The van der Waals surface area contributed by atoms with Crippen molar-refractivity contribution < 1.29 is 0 Å². The largest absolute Gasteiger partial charge is 0.370 e. The Balaban J connectivity index is 1.92. The molecule has 0 fully saturated rings. The zero-order chi connectivity index (χ0) is 15.3. The van der Waals surface area contributed by atoms with Gasteiger partial charge in [-0.25, -0.2) is 0 Å². The van der Waals surface area contributed by atoms with Gasteiger partial charge in [0, 0.05) is 12.4 Å². The fraction of sp³-hybridized carbons (Fsp3) is 0.778. The van der Waals surface area contributed by atoms with Crippen LogP contribution in [0.4, 0.5) is 0 Å². The van der Waals surface area contributed by atoms with E-state index in [0.717, 1.165) is 0 Å². The molecule has 0 spiro atoms. The maximum absolute atomic E-state index is 5.94. The van der Waals surface area contributed by atoms with E-state index in [-0.39, 0.29) is 6.17 Å². The summed E-state index contributed by atoms with van der Waals surface area (Å²) in [6.07, 6.45) is 22.3. The molecule has 0 saturated carbocycles. The van der Waals surface area contributed by atoms with E-state index in [4.69, 9.17) is 5.73 Å². The van der Waals surface area contributed by atoms with Crippen molar-refractivity contribution >= 4 is 0 Å². The summed E-state index contributed by atoms with van der Waals surface area (Å²) < 4.78 is 0. The molecule has 0 radical (unpaired) electrons. The first kappa shape index (κ1) is 18.1. The Morgan fingerprint density at radius 1 is 1.10 bits per heavy atom. The Morgan fingerprint density at radius 2 is 1.76 bits per heavy atom. The molecule has 0 saturated heterocycles. The van der Waals surface area contributed by atoms with Crippen molar-refractivity contribution in [2.24, 2.45) is 5.73 Å². The number of unbranched alkanes of at least 4 members (excludes halogenated alkanes) is 7. The number of nitrogens with zero attached hydrogens (tertiary/aromatic N) is 1. The van der Waals surface area contributed by atoms with Crippen molar-refractivity contribution in [3.05, 3.63) is 24.6 Å². The predicted molar refractivity (Wildman–Crippen MR) is 92.5 cm³/mol. The first-order chi connectivity index (χ1) is 10.3. The lowest BCUT2D eigenvalue weighted by atomic mass is 10.1. The first-order valence-electron chi connectivity index (χ1n) is 8.86. The topological polar surface area (TPSA) is 41.3 Å². The highest BCUT2D eigenvalue weighted by Crippen LogP contribution is 2.14. The smallest absolute Gasteiger partial charge is 0.0995 e. The molecule has 0 aromatic carbocycles. The van der Waals surface area contributed by atoms with Crippen LogP contribution in [0, 0.1) is 0 Å². The number of rotatable bonds is 12. The molecular formula is C18H35N3. The maximum Gasteiger partial charge on any atom is 0.0995 e. The zero-order valence-corrected chi connectivity index (χ0v) is 14.1. The SMILES string of the molecule is CCCCCC/C=C/CCCCCC1NC=CN1C(C)N. The highest BCUT2D eigenvalue weighted by atomic mass is 15.3. The van der Waals surface area contributed by atoms with Gasteiger partial charge in [0.15, 0.2) is 0 Å². The molecule has 21 heavy (non-hydrogen) atoms. The predicted octanol–water partition coefficient (Wildman–Crippen LogP) is 4.47. The van der Waals surface area contributed by atoms with Crippen LogP contribution in [-0.4, -0.2) is 17.2 Å². The Kier molecular flexibility index (Phi) is 10.1. The van der Waals surface area contributed by atoms with E-state index in [9.17, 15) is 0 Å². The molecule has 1 rings (SSSR count). The lowest BCUT2D eigenvalue weighted by molar-refractivity contribution is 0.208. The average Bonchev–Trinajstić information content (AvgIpc) is 2.93. The molecule has 3 heteroatoms. The van der Waals surface area contributed by atoms with Crippen LogP contribution in [0.1, 0.15) is 78.1 Å². The van der Waals surface area contributed by atoms with Gasteiger partial charge < -0.3 is 16.0 Å². The Morgan fingerprint density at radius 3 is 2.38 bits per heavy atom. The van der Waals surface area contributed by atoms with Crippen molar-refractivity contribution in [2.45, 2.75) is 90.4 Å². The van der Waals surface area contributed by atoms with Gasteiger partial charge in [0.25, 0.3) is 0 Å². The van der Waals surface area contributed by atoms with Crippen LogP contribution >= 0.6 is 0 Å². The summed E-state index contributed by atoms with van der Waals surface area (Å²) in [4.78, 5) is 2.20. The van der Waals surface area contributed by atoms with E-state index >= 15 is 0 Å². The molecule has 0 aromatic rings. The van der Waals surface area contributed by atoms with Gasteiger partial charge in [-0.15, -0.1) is 0 Å². The summed E-state index contributed by atoms with van der Waals surface area (Å²) in [5.74, 6) is 0. The second-order valence-corrected chi connectivity index (χ2v) is 6.14. The van der Waals surface area contributed by atoms with E-state index < -0.39 is 0 Å². The third-order valence-corrected chi connectivity index (χ3v) is 4.10. The third-order valence-electron chi connectivity index (χ3n) is 4.10. The second kappa shape index (κ2) is 11.7. The molecule has 0 aromatic heterocycles. The van der Waals surface area contributed by atoms with Gasteiger partial charge in [-0.2, -0.15) is 0 Å². The number of hydrogen-bond donors (Lipinski definition) is 2. The van der Waals surface area contributed by atoms with Crippen LogP contribution in [0.15, 0.2) is 24.6 Å². The molecular weight excluding hydrogens is 258 g/mol. The minimum Gasteiger partial charge on any atom is -0.370 e. The van der Waals surface area contributed by atoms with Gasteiger partial charge in [-0.3, -0.25) is 0 Å². The van der Waals surface area contributed by atoms with E-state index in [2.05, 4.69) is 35.5 Å². The van der Waals surface area contributed by atoms with E-state index in [1.807, 2.05) is 13.1 Å². The summed E-state index contributed by atoms with van der Waals surface area (Å²) in [5.41, 5.74) is 5.94. The molecule has 2 unspecified atom stereocenters. The van der Waals surface area contributed by atoms with Crippen LogP contribution in [0.5, 0.6) is 0 Å². The van der Waals surface area contributed by atoms with Crippen molar-refractivity contribution in [3.8, 4) is 0 Å². The fourth-order valence-corrected chi connectivity index (χ4v) is 2.78. The normalized spacial score (nSPS) is 19.4. The highest BCUT2D eigenvalue weighted by Gasteiger charge is 2.20. The number of allylic oxidation sites excluding steroid dienone is 2. The quantitative estimate of drug-likeness (QED) is 0.412. The molecule has 0 amide bonds. The average molecular weight is 293 g/mol. The van der Waals surface area contributed by atoms with Gasteiger partial charge in [-0.1, -0.05) is 44.8 Å². The van der Waals surface area contributed by atoms with Crippen LogP contribution in [0.3, 0.4) is 0 Å². The summed E-state index contributed by atoms with van der Waals surface area (Å²) in [6.45, 7) is 4.30. The van der Waals surface area contributed by atoms with Crippen molar-refractivity contribution in [2.75, 3.05) is 0 Å². The van der Waals surface area contributed by atoms with Crippen LogP contribution < -0.4 is 11.1 Å². The van der Waals surface area contributed by atoms with Gasteiger partial charge >= 0.3 is 0 Å². The van der Waals surface area contributed by atoms with Gasteiger partial charge in [0.05, 0.1) is 12.3 Å². The Labute approximate surface area is 131 Å². The van der Waals surface area contributed by atoms with Gasteiger partial charge in [0.2, 0.25) is 0 Å². The van der Waals surface area contributed by atoms with Crippen molar-refractivity contribution in [1.29, 1.82) is 0 Å². The Hall–Kier alpha value is -0.960. The fourth-order valence-electron chi connectivity index (χ4n) is 2.78. The van der Waals surface area contributed by atoms with Crippen LogP contribution in [0.25, 0.3) is 0 Å². The molecule has 1 aliphatic rings. The molecule has 0 bridgehead atoms. The maximum atomic E-state index is 5.94. The van der Waals surface area contributed by atoms with Crippen LogP contribution in [0.2, 0.25) is 0 Å². The van der Waals surface area contributed by atoms with Crippen LogP contribution in [-0.2, 0) is 0 Å². The number of hydrogen-bond acceptors (Lipinski definition) is 3. The Bertz CT molecular complexity index is 297. The van der Waals surface area contributed by atoms with E-state index in [1.54, 1.807) is 0 Å². The third kappa shape index (κ3) is 8.15. The molecule has 1 heterocycles. The molecule has 122 valence electrons. The minimum absolute atomic E-state index is 0.0943. The van der Waals surface area contributed by atoms with E-state index in [0.29, 0.717) is 6.17 Å². The first-order valence-corrected chi connectivity index (χ1v) is 8.86. The highest BCUT2D eigenvalue weighted by molar-refractivity contribution is 4.95. The molecule has 1 aliphatic heterocycles. The summed E-state index contributed by atoms with van der Waals surface area (Å²) >= 11 is 0. The summed E-state index contributed by atoms with van der Waals surface area (Å²) in [5, 5.41) is 3.37. The lowest BCUT2D eigenvalue weighted by Crippen LogP contribution is -2.44. The lowest BCUT2D eigenvalue weighted by Gasteiger charge is -2.28. The second-order valence-electron chi connectivity index (χ2n) is 6.14. The summed E-state index contributed by atoms with van der Waals surface area (Å²) in [7, 11) is 0. The molecule has 2 atom stereocenters. The number of nitrogens with one attached hydrogen (secondary N) is 1. The molecule has 3 N–H and O–H groups in total. The van der Waals surface area contributed by atoms with Gasteiger partial charge in [-0.05, 0) is 45.4 Å². The van der Waals surface area contributed by atoms with Crippen molar-refractivity contribution in [1.82, 2.24) is 10.2 Å². The van der Waals surface area contributed by atoms with E-state index in [1.165, 1.54) is 64.2 Å². The number of nitrogens with two attached hydrogens (primary N) is 1.